The first-order chi connectivity index (χ1) is 9.52. The molecule has 0 radical (unpaired) electrons. The molecule has 2 rings (SSSR count). The Morgan fingerprint density at radius 2 is 2.10 bits per heavy atom. The van der Waals surface area contributed by atoms with E-state index in [9.17, 15) is 9.18 Å². The van der Waals surface area contributed by atoms with Crippen LogP contribution in [0.3, 0.4) is 0 Å². The topological polar surface area (TPSA) is 52.9 Å². The molecule has 1 N–H and O–H groups in total. The van der Waals surface area contributed by atoms with Crippen LogP contribution in [0.15, 0.2) is 40.9 Å². The third-order valence-corrected chi connectivity index (χ3v) is 3.33. The van der Waals surface area contributed by atoms with Crippen molar-refractivity contribution >= 4 is 39.1 Å². The largest absolute Gasteiger partial charge is 0.321 e. The Balaban J connectivity index is 2.35. The van der Waals surface area contributed by atoms with Gasteiger partial charge in [-0.15, -0.1) is 0 Å². The third-order valence-electron chi connectivity index (χ3n) is 2.55. The maximum Gasteiger partial charge on any atom is 0.258 e. The van der Waals surface area contributed by atoms with Crippen LogP contribution in [0.25, 0.3) is 0 Å². The molecule has 0 atom stereocenters. The molecule has 0 aliphatic rings. The average molecular weight is 354 g/mol. The van der Waals surface area contributed by atoms with Crippen LogP contribution in [-0.2, 0) is 0 Å². The minimum Gasteiger partial charge on any atom is -0.321 e. The molecule has 0 saturated heterocycles. The summed E-state index contributed by atoms with van der Waals surface area (Å²) in [5.74, 6) is -1.46. The molecular weight excluding hydrogens is 347 g/mol. The molecule has 0 spiro atoms. The highest BCUT2D eigenvalue weighted by Gasteiger charge is 2.15. The Kier molecular flexibility index (Phi) is 4.38. The van der Waals surface area contributed by atoms with Crippen LogP contribution < -0.4 is 5.32 Å². The van der Waals surface area contributed by atoms with Crippen molar-refractivity contribution in [3.8, 4) is 6.07 Å². The van der Waals surface area contributed by atoms with Crippen molar-refractivity contribution in [2.45, 2.75) is 0 Å². The van der Waals surface area contributed by atoms with E-state index in [-0.39, 0.29) is 16.1 Å². The lowest BCUT2D eigenvalue weighted by Gasteiger charge is -2.08. The fraction of sp³-hybridized carbons (Fsp3) is 0. The highest BCUT2D eigenvalue weighted by molar-refractivity contribution is 9.10. The molecule has 3 nitrogen and oxygen atoms in total. The van der Waals surface area contributed by atoms with E-state index in [2.05, 4.69) is 21.2 Å². The molecule has 0 bridgehead atoms. The number of amides is 1. The Morgan fingerprint density at radius 3 is 2.80 bits per heavy atom. The summed E-state index contributed by atoms with van der Waals surface area (Å²) in [5.41, 5.74) is 0.400. The number of nitrogens with one attached hydrogen (secondary N) is 1. The number of rotatable bonds is 2. The summed E-state index contributed by atoms with van der Waals surface area (Å²) < 4.78 is 14.4. The van der Waals surface area contributed by atoms with Crippen molar-refractivity contribution in [3.63, 3.8) is 0 Å². The molecule has 20 heavy (non-hydrogen) atoms. The Labute approximate surface area is 128 Å². The van der Waals surface area contributed by atoms with Crippen molar-refractivity contribution in [3.05, 3.63) is 62.8 Å². The molecule has 0 aliphatic heterocycles. The van der Waals surface area contributed by atoms with Crippen LogP contribution in [0.2, 0.25) is 5.02 Å². The maximum atomic E-state index is 13.7. The number of nitriles is 1. The molecule has 0 saturated carbocycles. The summed E-state index contributed by atoms with van der Waals surface area (Å²) in [5, 5.41) is 11.3. The maximum absolute atomic E-state index is 13.7. The van der Waals surface area contributed by atoms with Gasteiger partial charge in [0.2, 0.25) is 0 Å². The van der Waals surface area contributed by atoms with E-state index in [0.29, 0.717) is 10.2 Å². The fourth-order valence-electron chi connectivity index (χ4n) is 1.59. The SMILES string of the molecule is N#Cc1ccc(Br)cc1NC(=O)c1cccc(Cl)c1F. The van der Waals surface area contributed by atoms with E-state index in [1.54, 1.807) is 18.2 Å². The number of carbonyl (C=O) groups excluding carboxylic acids is 1. The lowest BCUT2D eigenvalue weighted by molar-refractivity contribution is 0.102. The standard InChI is InChI=1S/C14H7BrClFN2O/c15-9-5-4-8(7-18)12(6-9)19-14(20)10-2-1-3-11(16)13(10)17/h1-6H,(H,19,20). The van der Waals surface area contributed by atoms with Gasteiger partial charge in [0.15, 0.2) is 5.82 Å². The molecule has 100 valence electrons. The smallest absolute Gasteiger partial charge is 0.258 e. The van der Waals surface area contributed by atoms with Gasteiger partial charge in [-0.2, -0.15) is 5.26 Å². The van der Waals surface area contributed by atoms with Crippen molar-refractivity contribution in [1.82, 2.24) is 0 Å². The first-order valence-electron chi connectivity index (χ1n) is 5.48. The molecule has 0 aliphatic carbocycles. The molecule has 2 aromatic carbocycles. The van der Waals surface area contributed by atoms with Crippen LogP contribution >= 0.6 is 27.5 Å². The second-order valence-corrected chi connectivity index (χ2v) is 5.18. The zero-order valence-corrected chi connectivity index (χ0v) is 12.3. The van der Waals surface area contributed by atoms with E-state index in [0.717, 1.165) is 0 Å². The van der Waals surface area contributed by atoms with Crippen molar-refractivity contribution in [2.24, 2.45) is 0 Å². The van der Waals surface area contributed by atoms with Crippen molar-refractivity contribution in [2.75, 3.05) is 5.32 Å². The molecule has 1 amide bonds. The lowest BCUT2D eigenvalue weighted by Crippen LogP contribution is -2.14. The lowest BCUT2D eigenvalue weighted by atomic mass is 10.1. The number of halogens is 3. The summed E-state index contributed by atoms with van der Waals surface area (Å²) in [7, 11) is 0. The summed E-state index contributed by atoms with van der Waals surface area (Å²) in [4.78, 5) is 12.0. The highest BCUT2D eigenvalue weighted by atomic mass is 79.9. The molecule has 0 aromatic heterocycles. The van der Waals surface area contributed by atoms with Gasteiger partial charge in [0.1, 0.15) is 6.07 Å². The molecule has 0 fully saturated rings. The Hall–Kier alpha value is -1.90. The number of hydrogen-bond acceptors (Lipinski definition) is 2. The highest BCUT2D eigenvalue weighted by Crippen LogP contribution is 2.23. The van der Waals surface area contributed by atoms with Crippen LogP contribution in [0.4, 0.5) is 10.1 Å². The summed E-state index contributed by atoms with van der Waals surface area (Å²) in [6.45, 7) is 0. The quantitative estimate of drug-likeness (QED) is 0.872. The van der Waals surface area contributed by atoms with Gasteiger partial charge in [0.05, 0.1) is 21.8 Å². The summed E-state index contributed by atoms with van der Waals surface area (Å²) in [6, 6.07) is 10.9. The minimum absolute atomic E-state index is 0.132. The van der Waals surface area contributed by atoms with Gasteiger partial charge in [0, 0.05) is 4.47 Å². The van der Waals surface area contributed by atoms with E-state index < -0.39 is 11.7 Å². The number of hydrogen-bond donors (Lipinski definition) is 1. The fourth-order valence-corrected chi connectivity index (χ4v) is 2.12. The first-order valence-corrected chi connectivity index (χ1v) is 6.65. The number of carbonyl (C=O) groups is 1. The van der Waals surface area contributed by atoms with Gasteiger partial charge in [0.25, 0.3) is 5.91 Å². The summed E-state index contributed by atoms with van der Waals surface area (Å²) >= 11 is 8.87. The predicted octanol–water partition coefficient (Wildman–Crippen LogP) is 4.37. The first kappa shape index (κ1) is 14.5. The summed E-state index contributed by atoms with van der Waals surface area (Å²) in [6.07, 6.45) is 0. The Bertz CT molecular complexity index is 728. The van der Waals surface area contributed by atoms with Gasteiger partial charge in [-0.25, -0.2) is 4.39 Å². The van der Waals surface area contributed by atoms with Gasteiger partial charge in [-0.1, -0.05) is 33.6 Å². The molecular formula is C14H7BrClFN2O. The van der Waals surface area contributed by atoms with Crippen LogP contribution in [-0.4, -0.2) is 5.91 Å². The number of nitrogens with zero attached hydrogens (tertiary/aromatic N) is 1. The Morgan fingerprint density at radius 1 is 1.35 bits per heavy atom. The third kappa shape index (κ3) is 2.98. The average Bonchev–Trinajstić information content (AvgIpc) is 2.42. The van der Waals surface area contributed by atoms with Crippen LogP contribution in [0, 0.1) is 17.1 Å². The van der Waals surface area contributed by atoms with Crippen LogP contribution in [0.1, 0.15) is 15.9 Å². The van der Waals surface area contributed by atoms with E-state index >= 15 is 0 Å². The zero-order chi connectivity index (χ0) is 14.7. The van der Waals surface area contributed by atoms with E-state index in [1.807, 2.05) is 6.07 Å². The van der Waals surface area contributed by atoms with E-state index in [1.165, 1.54) is 18.2 Å². The van der Waals surface area contributed by atoms with Crippen molar-refractivity contribution in [1.29, 1.82) is 5.26 Å². The van der Waals surface area contributed by atoms with Gasteiger partial charge < -0.3 is 5.32 Å². The zero-order valence-electron chi connectivity index (χ0n) is 9.95. The van der Waals surface area contributed by atoms with Gasteiger partial charge in [-0.05, 0) is 30.3 Å². The second-order valence-electron chi connectivity index (χ2n) is 3.86. The minimum atomic E-state index is -0.792. The molecule has 0 unspecified atom stereocenters. The normalized spacial score (nSPS) is 9.90. The molecule has 0 heterocycles. The van der Waals surface area contributed by atoms with Gasteiger partial charge >= 0.3 is 0 Å². The predicted molar refractivity (Wildman–Crippen MR) is 78.2 cm³/mol. The van der Waals surface area contributed by atoms with Gasteiger partial charge in [-0.3, -0.25) is 4.79 Å². The second kappa shape index (κ2) is 6.04. The monoisotopic (exact) mass is 352 g/mol. The molecule has 2 aromatic rings. The number of benzene rings is 2. The number of anilines is 1. The van der Waals surface area contributed by atoms with E-state index in [4.69, 9.17) is 16.9 Å². The molecule has 6 heteroatoms. The van der Waals surface area contributed by atoms with Crippen molar-refractivity contribution < 1.29 is 9.18 Å². The van der Waals surface area contributed by atoms with Crippen LogP contribution in [0.5, 0.6) is 0 Å².